The Labute approximate surface area is 141 Å². The van der Waals surface area contributed by atoms with Crippen molar-refractivity contribution < 1.29 is 9.63 Å². The highest BCUT2D eigenvalue weighted by Crippen LogP contribution is 2.26. The number of hydrogen-bond acceptors (Lipinski definition) is 5. The predicted octanol–water partition coefficient (Wildman–Crippen LogP) is 2.13. The summed E-state index contributed by atoms with van der Waals surface area (Å²) >= 11 is 0. The normalized spacial score (nSPS) is 16.5. The third-order valence-corrected chi connectivity index (χ3v) is 4.74. The molecule has 130 valence electrons. The van der Waals surface area contributed by atoms with Gasteiger partial charge in [0.2, 0.25) is 0 Å². The van der Waals surface area contributed by atoms with E-state index in [1.807, 2.05) is 30.3 Å². The van der Waals surface area contributed by atoms with Gasteiger partial charge in [0.05, 0.1) is 12.6 Å². The van der Waals surface area contributed by atoms with Crippen molar-refractivity contribution >= 4 is 0 Å². The van der Waals surface area contributed by atoms with Crippen LogP contribution < -0.4 is 5.76 Å². The second-order valence-electron chi connectivity index (χ2n) is 6.78. The zero-order valence-corrected chi connectivity index (χ0v) is 14.3. The van der Waals surface area contributed by atoms with Crippen LogP contribution in [0.2, 0.25) is 0 Å². The molecule has 1 aromatic heterocycles. The van der Waals surface area contributed by atoms with Gasteiger partial charge in [-0.1, -0.05) is 41.9 Å². The molecule has 24 heavy (non-hydrogen) atoms. The van der Waals surface area contributed by atoms with Gasteiger partial charge in [-0.3, -0.25) is 14.0 Å². The lowest BCUT2D eigenvalue weighted by atomic mass is 9.90. The number of benzene rings is 1. The minimum Gasteiger partial charge on any atom is -0.390 e. The first-order valence-electron chi connectivity index (χ1n) is 8.62. The standard InChI is InChI=1S/C18H25N3O3/c1-13(2)20(15-9-6-10-15)11-16(22)12-21-17(19-24-18(21)23)14-7-4-3-5-8-14/h3-5,7-8,13,15-16,22H,6,9-12H2,1-2H3. The Kier molecular flexibility index (Phi) is 5.16. The van der Waals surface area contributed by atoms with Crippen molar-refractivity contribution in [3.05, 3.63) is 40.9 Å². The summed E-state index contributed by atoms with van der Waals surface area (Å²) in [5.41, 5.74) is 0.801. The number of aliphatic hydroxyl groups excluding tert-OH is 1. The molecule has 6 heteroatoms. The summed E-state index contributed by atoms with van der Waals surface area (Å²) < 4.78 is 6.23. The maximum Gasteiger partial charge on any atom is 0.441 e. The Morgan fingerprint density at radius 3 is 2.62 bits per heavy atom. The van der Waals surface area contributed by atoms with E-state index in [0.717, 1.165) is 5.56 Å². The van der Waals surface area contributed by atoms with Gasteiger partial charge in [-0.15, -0.1) is 0 Å². The molecule has 0 spiro atoms. The SMILES string of the molecule is CC(C)N(CC(O)Cn1c(-c2ccccc2)noc1=O)C1CCC1. The van der Waals surface area contributed by atoms with Crippen LogP contribution in [0, 0.1) is 0 Å². The molecule has 2 aromatic rings. The first kappa shape index (κ1) is 16.9. The fraction of sp³-hybridized carbons (Fsp3) is 0.556. The third-order valence-electron chi connectivity index (χ3n) is 4.74. The van der Waals surface area contributed by atoms with E-state index in [1.54, 1.807) is 0 Å². The number of rotatable bonds is 7. The average molecular weight is 331 g/mol. The molecule has 1 unspecified atom stereocenters. The van der Waals surface area contributed by atoms with Crippen molar-refractivity contribution in [2.45, 2.75) is 57.8 Å². The lowest BCUT2D eigenvalue weighted by Gasteiger charge is -2.41. The monoisotopic (exact) mass is 331 g/mol. The molecule has 1 heterocycles. The van der Waals surface area contributed by atoms with Crippen molar-refractivity contribution in [3.63, 3.8) is 0 Å². The Bertz CT molecular complexity index is 704. The molecule has 0 aliphatic heterocycles. The second-order valence-corrected chi connectivity index (χ2v) is 6.78. The van der Waals surface area contributed by atoms with Gasteiger partial charge in [-0.25, -0.2) is 4.79 Å². The number of aromatic nitrogens is 2. The summed E-state index contributed by atoms with van der Waals surface area (Å²) in [4.78, 5) is 14.3. The van der Waals surface area contributed by atoms with E-state index in [0.29, 0.717) is 24.5 Å². The largest absolute Gasteiger partial charge is 0.441 e. The average Bonchev–Trinajstić information content (AvgIpc) is 2.87. The number of nitrogens with zero attached hydrogens (tertiary/aromatic N) is 3. The van der Waals surface area contributed by atoms with E-state index >= 15 is 0 Å². The molecule has 6 nitrogen and oxygen atoms in total. The third kappa shape index (κ3) is 3.60. The van der Waals surface area contributed by atoms with Crippen LogP contribution in [0.3, 0.4) is 0 Å². The molecule has 3 rings (SSSR count). The molecule has 1 atom stereocenters. The van der Waals surface area contributed by atoms with Gasteiger partial charge in [0.1, 0.15) is 0 Å². The quantitative estimate of drug-likeness (QED) is 0.841. The van der Waals surface area contributed by atoms with E-state index in [4.69, 9.17) is 4.52 Å². The molecule has 0 bridgehead atoms. The summed E-state index contributed by atoms with van der Waals surface area (Å²) in [7, 11) is 0. The molecule has 1 fully saturated rings. The lowest BCUT2D eigenvalue weighted by Crippen LogP contribution is -2.48. The molecule has 0 saturated heterocycles. The van der Waals surface area contributed by atoms with E-state index in [-0.39, 0.29) is 6.54 Å². The van der Waals surface area contributed by atoms with E-state index in [2.05, 4.69) is 23.9 Å². The van der Waals surface area contributed by atoms with E-state index < -0.39 is 11.9 Å². The number of hydrogen-bond donors (Lipinski definition) is 1. The molecule has 0 radical (unpaired) electrons. The van der Waals surface area contributed by atoms with Crippen molar-refractivity contribution in [1.82, 2.24) is 14.6 Å². The van der Waals surface area contributed by atoms with Crippen LogP contribution >= 0.6 is 0 Å². The molecule has 1 N–H and O–H groups in total. The minimum atomic E-state index is -0.646. The van der Waals surface area contributed by atoms with Crippen molar-refractivity contribution in [2.75, 3.05) is 6.54 Å². The van der Waals surface area contributed by atoms with Gasteiger partial charge in [-0.2, -0.15) is 0 Å². The van der Waals surface area contributed by atoms with E-state index in [9.17, 15) is 9.90 Å². The summed E-state index contributed by atoms with van der Waals surface area (Å²) in [6.07, 6.45) is 2.99. The van der Waals surface area contributed by atoms with Crippen LogP contribution in [0.1, 0.15) is 33.1 Å². The van der Waals surface area contributed by atoms with Crippen LogP contribution in [0.4, 0.5) is 0 Å². The van der Waals surface area contributed by atoms with Gasteiger partial charge in [0, 0.05) is 24.2 Å². The van der Waals surface area contributed by atoms with Gasteiger partial charge >= 0.3 is 5.76 Å². The summed E-state index contributed by atoms with van der Waals surface area (Å²) in [5, 5.41) is 14.4. The Morgan fingerprint density at radius 2 is 2.04 bits per heavy atom. The second kappa shape index (κ2) is 7.32. The first-order valence-corrected chi connectivity index (χ1v) is 8.62. The smallest absolute Gasteiger partial charge is 0.390 e. The van der Waals surface area contributed by atoms with Crippen molar-refractivity contribution in [1.29, 1.82) is 0 Å². The number of aliphatic hydroxyl groups is 1. The van der Waals surface area contributed by atoms with Gasteiger partial charge in [-0.05, 0) is 26.7 Å². The molecule has 0 amide bonds. The van der Waals surface area contributed by atoms with Crippen LogP contribution in [-0.2, 0) is 6.54 Å². The summed E-state index contributed by atoms with van der Waals surface area (Å²) in [6.45, 7) is 5.02. The Morgan fingerprint density at radius 1 is 1.33 bits per heavy atom. The summed E-state index contributed by atoms with van der Waals surface area (Å²) in [6, 6.07) is 10.3. The molecule has 1 aliphatic rings. The van der Waals surface area contributed by atoms with Crippen LogP contribution in [0.15, 0.2) is 39.6 Å². The first-order chi connectivity index (χ1) is 11.6. The van der Waals surface area contributed by atoms with Crippen molar-refractivity contribution in [2.24, 2.45) is 0 Å². The molecule has 1 aliphatic carbocycles. The Hall–Kier alpha value is -1.92. The van der Waals surface area contributed by atoms with Crippen molar-refractivity contribution in [3.8, 4) is 11.4 Å². The lowest BCUT2D eigenvalue weighted by molar-refractivity contribution is 0.0301. The van der Waals surface area contributed by atoms with Crippen LogP contribution in [0.5, 0.6) is 0 Å². The van der Waals surface area contributed by atoms with Gasteiger partial charge in [0.25, 0.3) is 0 Å². The fourth-order valence-electron chi connectivity index (χ4n) is 3.24. The van der Waals surface area contributed by atoms with Gasteiger partial charge in [0.15, 0.2) is 5.82 Å². The molecular formula is C18H25N3O3. The molecular weight excluding hydrogens is 306 g/mol. The van der Waals surface area contributed by atoms with Crippen LogP contribution in [0.25, 0.3) is 11.4 Å². The highest BCUT2D eigenvalue weighted by Gasteiger charge is 2.29. The predicted molar refractivity (Wildman–Crippen MR) is 91.7 cm³/mol. The highest BCUT2D eigenvalue weighted by atomic mass is 16.5. The zero-order chi connectivity index (χ0) is 17.1. The zero-order valence-electron chi connectivity index (χ0n) is 14.3. The molecule has 1 aromatic carbocycles. The van der Waals surface area contributed by atoms with Gasteiger partial charge < -0.3 is 5.11 Å². The maximum absolute atomic E-state index is 12.0. The van der Waals surface area contributed by atoms with E-state index in [1.165, 1.54) is 23.8 Å². The summed E-state index contributed by atoms with van der Waals surface area (Å²) in [5.74, 6) is -0.0768. The van der Waals surface area contributed by atoms with Crippen LogP contribution in [-0.4, -0.2) is 44.5 Å². The minimum absolute atomic E-state index is 0.183. The maximum atomic E-state index is 12.0. The topological polar surface area (TPSA) is 71.5 Å². The Balaban J connectivity index is 1.73. The fourth-order valence-corrected chi connectivity index (χ4v) is 3.24. The highest BCUT2D eigenvalue weighted by molar-refractivity contribution is 5.54. The molecule has 1 saturated carbocycles.